The molecule has 0 saturated heterocycles. The van der Waals surface area contributed by atoms with Gasteiger partial charge in [0.1, 0.15) is 0 Å². The maximum atomic E-state index is 3.57. The molecule has 0 aliphatic heterocycles. The molecule has 0 fully saturated rings. The van der Waals surface area contributed by atoms with Gasteiger partial charge in [-0.15, -0.1) is 11.3 Å². The number of hydrogen-bond acceptors (Lipinski definition) is 2. The molecule has 0 aliphatic rings. The van der Waals surface area contributed by atoms with Crippen molar-refractivity contribution in [3.8, 4) is 0 Å². The van der Waals surface area contributed by atoms with Crippen LogP contribution in [0.2, 0.25) is 0 Å². The predicted molar refractivity (Wildman–Crippen MR) is 83.2 cm³/mol. The van der Waals surface area contributed by atoms with Crippen LogP contribution in [-0.2, 0) is 6.54 Å². The average molecular weight is 324 g/mol. The van der Waals surface area contributed by atoms with Crippen molar-refractivity contribution in [2.75, 3.05) is 0 Å². The lowest BCUT2D eigenvalue weighted by molar-refractivity contribution is 0.578. The molecule has 0 saturated carbocycles. The summed E-state index contributed by atoms with van der Waals surface area (Å²) in [6.07, 6.45) is 0. The van der Waals surface area contributed by atoms with E-state index in [9.17, 15) is 0 Å². The first-order valence-electron chi connectivity index (χ1n) is 6.11. The van der Waals surface area contributed by atoms with Gasteiger partial charge in [-0.25, -0.2) is 0 Å². The fourth-order valence-corrected chi connectivity index (χ4v) is 3.47. The van der Waals surface area contributed by atoms with Crippen molar-refractivity contribution in [1.29, 1.82) is 0 Å². The minimum absolute atomic E-state index is 0.381. The van der Waals surface area contributed by atoms with Crippen LogP contribution in [0, 0.1) is 13.8 Å². The molecule has 0 radical (unpaired) electrons. The van der Waals surface area contributed by atoms with E-state index in [0.717, 1.165) is 6.54 Å². The molecule has 3 heteroatoms. The third kappa shape index (κ3) is 3.44. The zero-order chi connectivity index (χ0) is 13.1. The second kappa shape index (κ2) is 6.00. The van der Waals surface area contributed by atoms with Crippen LogP contribution in [0.15, 0.2) is 34.8 Å². The molecule has 0 aliphatic carbocycles. The molecule has 2 rings (SSSR count). The lowest BCUT2D eigenvalue weighted by Crippen LogP contribution is -2.17. The first kappa shape index (κ1) is 13.8. The molecule has 1 heterocycles. The maximum Gasteiger partial charge on any atom is 0.0314 e. The Kier molecular flexibility index (Phi) is 4.60. The highest BCUT2D eigenvalue weighted by Gasteiger charge is 2.07. The number of thiophene rings is 1. The third-order valence-electron chi connectivity index (χ3n) is 3.03. The minimum Gasteiger partial charge on any atom is -0.305 e. The number of hydrogen-bond donors (Lipinski definition) is 1. The predicted octanol–water partition coefficient (Wildman–Crippen LogP) is 4.98. The number of halogens is 1. The molecule has 1 N–H and O–H groups in total. The van der Waals surface area contributed by atoms with Gasteiger partial charge in [0.25, 0.3) is 0 Å². The second-order valence-electron chi connectivity index (χ2n) is 4.63. The van der Waals surface area contributed by atoms with Crippen molar-refractivity contribution in [3.63, 3.8) is 0 Å². The topological polar surface area (TPSA) is 12.0 Å². The summed E-state index contributed by atoms with van der Waals surface area (Å²) in [6.45, 7) is 7.41. The Morgan fingerprint density at radius 1 is 1.28 bits per heavy atom. The van der Waals surface area contributed by atoms with E-state index >= 15 is 0 Å². The normalized spacial score (nSPS) is 12.7. The van der Waals surface area contributed by atoms with E-state index in [2.05, 4.69) is 72.3 Å². The number of rotatable bonds is 4. The van der Waals surface area contributed by atoms with E-state index in [1.807, 2.05) is 11.3 Å². The van der Waals surface area contributed by atoms with Crippen LogP contribution in [-0.4, -0.2) is 0 Å². The number of nitrogens with one attached hydrogen (secondary N) is 1. The Morgan fingerprint density at radius 2 is 2.06 bits per heavy atom. The summed E-state index contributed by atoms with van der Waals surface area (Å²) in [4.78, 5) is 2.72. The molecule has 0 spiro atoms. The average Bonchev–Trinajstić information content (AvgIpc) is 2.66. The third-order valence-corrected chi connectivity index (χ3v) is 5.17. The molecule has 1 atom stereocenters. The second-order valence-corrected chi connectivity index (χ2v) is 6.83. The van der Waals surface area contributed by atoms with Crippen LogP contribution in [0.25, 0.3) is 0 Å². The van der Waals surface area contributed by atoms with Gasteiger partial charge in [-0.3, -0.25) is 0 Å². The van der Waals surface area contributed by atoms with Gasteiger partial charge in [0, 0.05) is 26.8 Å². The fraction of sp³-hybridized carbons (Fsp3) is 0.333. The summed E-state index contributed by atoms with van der Waals surface area (Å²) in [6, 6.07) is 11.3. The van der Waals surface area contributed by atoms with Gasteiger partial charge in [0.2, 0.25) is 0 Å². The molecular weight excluding hydrogens is 306 g/mol. The molecule has 0 amide bonds. The van der Waals surface area contributed by atoms with Gasteiger partial charge in [0.15, 0.2) is 0 Å². The van der Waals surface area contributed by atoms with E-state index in [1.54, 1.807) is 0 Å². The Morgan fingerprint density at radius 3 is 2.67 bits per heavy atom. The minimum atomic E-state index is 0.381. The van der Waals surface area contributed by atoms with Gasteiger partial charge < -0.3 is 5.32 Å². The van der Waals surface area contributed by atoms with Crippen molar-refractivity contribution in [2.45, 2.75) is 33.4 Å². The smallest absolute Gasteiger partial charge is 0.0314 e. The summed E-state index contributed by atoms with van der Waals surface area (Å²) in [5, 5.41) is 3.57. The van der Waals surface area contributed by atoms with Crippen molar-refractivity contribution in [2.24, 2.45) is 0 Å². The van der Waals surface area contributed by atoms with Gasteiger partial charge in [-0.05, 0) is 48.3 Å². The number of aryl methyl sites for hydroxylation is 2. The summed E-state index contributed by atoms with van der Waals surface area (Å²) in [7, 11) is 0. The zero-order valence-corrected chi connectivity index (χ0v) is 13.4. The summed E-state index contributed by atoms with van der Waals surface area (Å²) >= 11 is 5.41. The van der Waals surface area contributed by atoms with E-state index in [0.29, 0.717) is 6.04 Å². The van der Waals surface area contributed by atoms with Crippen molar-refractivity contribution >= 4 is 27.3 Å². The van der Waals surface area contributed by atoms with Gasteiger partial charge in [0.05, 0.1) is 0 Å². The zero-order valence-electron chi connectivity index (χ0n) is 11.0. The molecule has 0 bridgehead atoms. The van der Waals surface area contributed by atoms with Crippen LogP contribution >= 0.6 is 27.3 Å². The molecule has 1 aromatic carbocycles. The van der Waals surface area contributed by atoms with Crippen molar-refractivity contribution in [1.82, 2.24) is 5.32 Å². The molecule has 1 aromatic heterocycles. The Labute approximate surface area is 121 Å². The summed E-state index contributed by atoms with van der Waals surface area (Å²) in [5.41, 5.74) is 2.67. The van der Waals surface area contributed by atoms with Gasteiger partial charge >= 0.3 is 0 Å². The quantitative estimate of drug-likeness (QED) is 0.836. The molecule has 96 valence electrons. The van der Waals surface area contributed by atoms with E-state index < -0.39 is 0 Å². The van der Waals surface area contributed by atoms with Crippen molar-refractivity contribution < 1.29 is 0 Å². The lowest BCUT2D eigenvalue weighted by Gasteiger charge is -2.14. The van der Waals surface area contributed by atoms with Crippen LogP contribution in [0.4, 0.5) is 0 Å². The molecule has 2 aromatic rings. The molecular formula is C15H18BrNS. The first-order valence-corrected chi connectivity index (χ1v) is 7.72. The highest BCUT2D eigenvalue weighted by atomic mass is 79.9. The fourth-order valence-electron chi connectivity index (χ4n) is 1.92. The first-order chi connectivity index (χ1) is 8.56. The van der Waals surface area contributed by atoms with Crippen LogP contribution in [0.1, 0.15) is 33.8 Å². The highest BCUT2D eigenvalue weighted by Crippen LogP contribution is 2.26. The van der Waals surface area contributed by atoms with Crippen LogP contribution in [0.3, 0.4) is 0 Å². The monoisotopic (exact) mass is 323 g/mol. The van der Waals surface area contributed by atoms with Crippen LogP contribution in [0.5, 0.6) is 0 Å². The standard InChI is InChI=1S/C15H18BrNS/c1-10-5-4-6-13(7-10)11(2)17-9-14-8-15(16)12(3)18-14/h4-8,11,17H,9H2,1-3H3/t11-/m0/s1. The molecule has 1 nitrogen and oxygen atoms in total. The van der Waals surface area contributed by atoms with Crippen molar-refractivity contribution in [3.05, 3.63) is 55.7 Å². The van der Waals surface area contributed by atoms with E-state index in [1.165, 1.54) is 25.4 Å². The van der Waals surface area contributed by atoms with Gasteiger partial charge in [-0.2, -0.15) is 0 Å². The van der Waals surface area contributed by atoms with Crippen LogP contribution < -0.4 is 5.32 Å². The Hall–Kier alpha value is -0.640. The largest absolute Gasteiger partial charge is 0.305 e. The molecule has 0 unspecified atom stereocenters. The van der Waals surface area contributed by atoms with E-state index in [4.69, 9.17) is 0 Å². The van der Waals surface area contributed by atoms with Gasteiger partial charge in [-0.1, -0.05) is 29.8 Å². The summed E-state index contributed by atoms with van der Waals surface area (Å²) < 4.78 is 1.22. The lowest BCUT2D eigenvalue weighted by atomic mass is 10.1. The SMILES string of the molecule is Cc1cccc([C@H](C)NCc2cc(Br)c(C)s2)c1. The summed E-state index contributed by atoms with van der Waals surface area (Å²) in [5.74, 6) is 0. The molecule has 18 heavy (non-hydrogen) atoms. The van der Waals surface area contributed by atoms with E-state index in [-0.39, 0.29) is 0 Å². The number of benzene rings is 1. The Bertz CT molecular complexity index is 514. The maximum absolute atomic E-state index is 3.57. The highest BCUT2D eigenvalue weighted by molar-refractivity contribution is 9.10. The Balaban J connectivity index is 1.98.